The van der Waals surface area contributed by atoms with E-state index in [1.807, 2.05) is 46.7 Å². The number of carbonyl (C=O) groups excluding carboxylic acids is 2. The Labute approximate surface area is 331 Å². The van der Waals surface area contributed by atoms with Crippen molar-refractivity contribution in [1.82, 2.24) is 10.3 Å². The lowest BCUT2D eigenvalue weighted by Crippen LogP contribution is -2.47. The Morgan fingerprint density at radius 2 is 1.81 bits per heavy atom. The molecule has 2 aliphatic heterocycles. The number of hydrogen-bond donors (Lipinski definition) is 3. The number of phenols is 1. The molecule has 6 rings (SSSR count). The van der Waals surface area contributed by atoms with Gasteiger partial charge in [0, 0.05) is 52.2 Å². The first-order valence-electron chi connectivity index (χ1n) is 17.8. The van der Waals surface area contributed by atoms with Gasteiger partial charge in [-0.25, -0.2) is 4.98 Å². The number of anilines is 2. The van der Waals surface area contributed by atoms with E-state index >= 15 is 0 Å². The second-order valence-corrected chi connectivity index (χ2v) is 16.1. The highest BCUT2D eigenvalue weighted by atomic mass is 79.9. The lowest BCUT2D eigenvalue weighted by Gasteiger charge is -2.37. The van der Waals surface area contributed by atoms with E-state index in [0.717, 1.165) is 83.9 Å². The third kappa shape index (κ3) is 9.08. The number of ether oxygens (including phenoxy) is 3. The third-order valence-electron chi connectivity index (χ3n) is 9.72. The van der Waals surface area contributed by atoms with Crippen LogP contribution in [-0.2, 0) is 21.5 Å². The number of rotatable bonds is 16. The molecule has 53 heavy (non-hydrogen) atoms. The lowest BCUT2D eigenvalue weighted by atomic mass is 9.81. The van der Waals surface area contributed by atoms with Gasteiger partial charge in [-0.15, -0.1) is 11.3 Å². The average Bonchev–Trinajstić information content (AvgIpc) is 3.73. The van der Waals surface area contributed by atoms with Gasteiger partial charge in [0.25, 0.3) is 5.91 Å². The fourth-order valence-corrected chi connectivity index (χ4v) is 8.41. The zero-order chi connectivity index (χ0) is 37.5. The molecule has 2 aliphatic rings. The third-order valence-corrected chi connectivity index (χ3v) is 11.5. The maximum atomic E-state index is 13.7. The molecule has 1 atom stereocenters. The van der Waals surface area contributed by atoms with Crippen molar-refractivity contribution in [3.8, 4) is 23.0 Å². The highest BCUT2D eigenvalue weighted by molar-refractivity contribution is 9.10. The first-order chi connectivity index (χ1) is 25.6. The van der Waals surface area contributed by atoms with E-state index in [2.05, 4.69) is 54.4 Å². The van der Waals surface area contributed by atoms with Crippen LogP contribution in [0.1, 0.15) is 74.1 Å². The molecule has 0 fully saturated rings. The molecule has 4 aromatic rings. The first-order valence-corrected chi connectivity index (χ1v) is 20.3. The van der Waals surface area contributed by atoms with Crippen molar-refractivity contribution in [2.24, 2.45) is 0 Å². The number of unbranched alkanes of at least 4 members (excludes halogenated alkanes) is 5. The molecule has 3 N–H and O–H groups in total. The van der Waals surface area contributed by atoms with Crippen LogP contribution in [0.25, 0.3) is 11.6 Å². The van der Waals surface area contributed by atoms with Gasteiger partial charge in [-0.2, -0.15) is 0 Å². The first kappa shape index (κ1) is 38.8. The van der Waals surface area contributed by atoms with Crippen LogP contribution in [0.15, 0.2) is 63.0 Å². The number of aromatic nitrogens is 1. The molecular formula is C40H44Br2N4O6S. The number of nitrogens with zero attached hydrogens (tertiary/aromatic N) is 2. The zero-order valence-corrected chi connectivity index (χ0v) is 34.1. The van der Waals surface area contributed by atoms with Gasteiger partial charge in [0.15, 0.2) is 28.1 Å². The van der Waals surface area contributed by atoms with Crippen LogP contribution < -0.4 is 29.7 Å². The predicted molar refractivity (Wildman–Crippen MR) is 217 cm³/mol. The van der Waals surface area contributed by atoms with Crippen LogP contribution in [0.2, 0.25) is 0 Å². The highest BCUT2D eigenvalue weighted by Gasteiger charge is 2.36. The van der Waals surface area contributed by atoms with Crippen molar-refractivity contribution in [2.75, 3.05) is 44.1 Å². The van der Waals surface area contributed by atoms with Crippen molar-refractivity contribution in [3.05, 3.63) is 85.2 Å². The average molecular weight is 869 g/mol. The number of amides is 2. The van der Waals surface area contributed by atoms with E-state index in [-0.39, 0.29) is 24.0 Å². The van der Waals surface area contributed by atoms with Crippen LogP contribution in [0, 0.1) is 0 Å². The lowest BCUT2D eigenvalue weighted by molar-refractivity contribution is -0.117. The van der Waals surface area contributed by atoms with E-state index in [0.29, 0.717) is 45.6 Å². The van der Waals surface area contributed by atoms with E-state index in [1.54, 1.807) is 25.4 Å². The molecule has 0 saturated carbocycles. The van der Waals surface area contributed by atoms with Crippen LogP contribution in [0.4, 0.5) is 10.8 Å². The van der Waals surface area contributed by atoms with Crippen LogP contribution in [0.3, 0.4) is 0 Å². The summed E-state index contributed by atoms with van der Waals surface area (Å²) in [7, 11) is 3.16. The molecule has 3 heterocycles. The van der Waals surface area contributed by atoms with Crippen molar-refractivity contribution in [3.63, 3.8) is 0 Å². The van der Waals surface area contributed by atoms with Crippen molar-refractivity contribution in [2.45, 2.75) is 63.8 Å². The number of halogens is 2. The Hall–Kier alpha value is -3.91. The predicted octanol–water partition coefficient (Wildman–Crippen LogP) is 9.09. The summed E-state index contributed by atoms with van der Waals surface area (Å²) in [6.07, 6.45) is 10.6. The van der Waals surface area contributed by atoms with Crippen molar-refractivity contribution >= 4 is 77.5 Å². The summed E-state index contributed by atoms with van der Waals surface area (Å²) in [5.74, 6) is 1.63. The van der Waals surface area contributed by atoms with E-state index < -0.39 is 5.54 Å². The van der Waals surface area contributed by atoms with E-state index in [4.69, 9.17) is 14.2 Å². The van der Waals surface area contributed by atoms with Gasteiger partial charge in [-0.05, 0) is 107 Å². The number of fused-ring (bicyclic) bond motifs is 2. The van der Waals surface area contributed by atoms with Gasteiger partial charge in [0.05, 0.1) is 31.0 Å². The number of phenolic OH excluding ortho intramolecular Hbond substituents is 1. The molecule has 1 aromatic heterocycles. The normalized spacial score (nSPS) is 17.1. The molecule has 0 bridgehead atoms. The summed E-state index contributed by atoms with van der Waals surface area (Å²) >= 11 is 8.35. The monoisotopic (exact) mass is 866 g/mol. The highest BCUT2D eigenvalue weighted by Crippen LogP contribution is 2.42. The summed E-state index contributed by atoms with van der Waals surface area (Å²) < 4.78 is 18.7. The summed E-state index contributed by atoms with van der Waals surface area (Å²) in [4.78, 5) is 32.7. The largest absolute Gasteiger partial charge is 0.503 e. The molecule has 0 saturated heterocycles. The smallest absolute Gasteiger partial charge is 0.258 e. The second kappa shape index (κ2) is 17.5. The Kier molecular flexibility index (Phi) is 12.8. The van der Waals surface area contributed by atoms with Gasteiger partial charge in [-0.1, -0.05) is 41.6 Å². The SMILES string of the molecule is COc1cc2c(cc1OCCCCCCCCN1C(=O)/C(=C\c3cc(Br)c(O)c(OC)c3)c3cc(Br)ccc31)C(C)(CC(=O)Nc1nccs1)NCC2. The van der Waals surface area contributed by atoms with E-state index in [9.17, 15) is 14.7 Å². The fraction of sp³-hybridized carbons (Fsp3) is 0.375. The van der Waals surface area contributed by atoms with Gasteiger partial charge < -0.3 is 34.9 Å². The Morgan fingerprint density at radius 1 is 1.04 bits per heavy atom. The molecule has 3 aromatic carbocycles. The minimum absolute atomic E-state index is 0.0207. The summed E-state index contributed by atoms with van der Waals surface area (Å²) in [5, 5.41) is 19.1. The number of benzene rings is 3. The number of thiazole rings is 1. The zero-order valence-electron chi connectivity index (χ0n) is 30.1. The van der Waals surface area contributed by atoms with Gasteiger partial charge in [-0.3, -0.25) is 9.59 Å². The van der Waals surface area contributed by atoms with Crippen LogP contribution >= 0.6 is 43.2 Å². The maximum absolute atomic E-state index is 13.7. The van der Waals surface area contributed by atoms with Crippen LogP contribution in [0.5, 0.6) is 23.0 Å². The topological polar surface area (TPSA) is 122 Å². The number of carbonyl (C=O) groups is 2. The van der Waals surface area contributed by atoms with Crippen LogP contribution in [-0.4, -0.2) is 55.8 Å². The Balaban J connectivity index is 0.981. The number of methoxy groups -OCH3 is 2. The Bertz CT molecular complexity index is 1990. The minimum Gasteiger partial charge on any atom is -0.503 e. The van der Waals surface area contributed by atoms with Gasteiger partial charge in [0.2, 0.25) is 5.91 Å². The summed E-state index contributed by atoms with van der Waals surface area (Å²) in [6, 6.07) is 13.5. The molecule has 1 unspecified atom stereocenters. The minimum atomic E-state index is -0.548. The summed E-state index contributed by atoms with van der Waals surface area (Å²) in [6.45, 7) is 4.03. The molecule has 0 spiro atoms. The number of hydrogen-bond acceptors (Lipinski definition) is 9. The molecule has 10 nitrogen and oxygen atoms in total. The molecule has 0 radical (unpaired) electrons. The Morgan fingerprint density at radius 3 is 2.57 bits per heavy atom. The van der Waals surface area contributed by atoms with Gasteiger partial charge >= 0.3 is 0 Å². The number of nitrogens with one attached hydrogen (secondary N) is 2. The molecule has 2 amide bonds. The van der Waals surface area contributed by atoms with Crippen molar-refractivity contribution in [1.29, 1.82) is 0 Å². The van der Waals surface area contributed by atoms with Gasteiger partial charge in [0.1, 0.15) is 0 Å². The second-order valence-electron chi connectivity index (χ2n) is 13.4. The molecule has 0 aliphatic carbocycles. The quantitative estimate of drug-likeness (QED) is 0.0754. The number of aromatic hydroxyl groups is 1. The molecular weight excluding hydrogens is 824 g/mol. The molecule has 13 heteroatoms. The maximum Gasteiger partial charge on any atom is 0.258 e. The molecule has 280 valence electrons. The van der Waals surface area contributed by atoms with E-state index in [1.165, 1.54) is 18.4 Å². The van der Waals surface area contributed by atoms with Crippen molar-refractivity contribution < 1.29 is 28.9 Å². The summed E-state index contributed by atoms with van der Waals surface area (Å²) in [5.41, 5.74) is 4.79. The standard InChI is InChI=1S/C40H44Br2N4O6S/c1-40(24-36(47)45-39-43-14-17-53-39)30-23-34(33(50-2)21-26(30)12-13-44-40)52-16-9-7-5-4-6-8-15-46-32-11-10-27(41)22-28(32)29(38(46)49)18-25-19-31(42)37(48)35(20-25)51-3/h10-11,14,17-23,44,48H,4-9,12-13,15-16,24H2,1-3H3,(H,43,45,47)/b29-18-. The fourth-order valence-electron chi connectivity index (χ4n) is 7.04.